The van der Waals surface area contributed by atoms with Crippen molar-refractivity contribution in [2.45, 2.75) is 19.3 Å². The number of aromatic nitrogens is 2. The van der Waals surface area contributed by atoms with Crippen molar-refractivity contribution in [2.75, 3.05) is 12.8 Å². The van der Waals surface area contributed by atoms with Crippen molar-refractivity contribution >= 4 is 11.8 Å². The quantitative estimate of drug-likeness (QED) is 0.844. The number of hydrogen-bond acceptors (Lipinski definition) is 5. The van der Waals surface area contributed by atoms with E-state index in [0.29, 0.717) is 5.82 Å². The smallest absolute Gasteiger partial charge is 0.343 e. The summed E-state index contributed by atoms with van der Waals surface area (Å²) in [4.78, 5) is 19.9. The van der Waals surface area contributed by atoms with Crippen molar-refractivity contribution < 1.29 is 9.53 Å². The number of ether oxygens (including phenoxy) is 1. The molecule has 0 saturated carbocycles. The van der Waals surface area contributed by atoms with Crippen LogP contribution in [0.15, 0.2) is 24.4 Å². The number of benzene rings is 1. The second-order valence-corrected chi connectivity index (χ2v) is 4.82. The maximum atomic E-state index is 11.5. The zero-order chi connectivity index (χ0) is 14.1. The third kappa shape index (κ3) is 2.11. The number of esters is 1. The number of nitrogen functional groups attached to an aromatic ring is 1. The monoisotopic (exact) mass is 269 g/mol. The number of nitrogens with two attached hydrogens (primary N) is 1. The van der Waals surface area contributed by atoms with E-state index in [1.807, 2.05) is 6.07 Å². The second-order valence-electron chi connectivity index (χ2n) is 4.82. The number of fused-ring (bicyclic) bond motifs is 1. The van der Waals surface area contributed by atoms with Crippen LogP contribution in [0.4, 0.5) is 5.82 Å². The molecule has 1 aromatic heterocycles. The number of carbonyl (C=O) groups excluding carboxylic acids is 1. The molecule has 0 bridgehead atoms. The lowest BCUT2D eigenvalue weighted by Gasteiger charge is -2.07. The van der Waals surface area contributed by atoms with Crippen molar-refractivity contribution in [1.82, 2.24) is 9.97 Å². The van der Waals surface area contributed by atoms with E-state index >= 15 is 0 Å². The Bertz CT molecular complexity index is 683. The predicted molar refractivity (Wildman–Crippen MR) is 75.2 cm³/mol. The number of anilines is 1. The molecule has 1 heterocycles. The Morgan fingerprint density at radius 3 is 2.85 bits per heavy atom. The molecule has 0 radical (unpaired) electrons. The predicted octanol–water partition coefficient (Wildman–Crippen LogP) is 2.00. The van der Waals surface area contributed by atoms with E-state index in [-0.39, 0.29) is 11.4 Å². The van der Waals surface area contributed by atoms with Gasteiger partial charge in [0.2, 0.25) is 0 Å². The van der Waals surface area contributed by atoms with E-state index in [4.69, 9.17) is 5.73 Å². The number of hydrogen-bond donors (Lipinski definition) is 1. The SMILES string of the molecule is COC(=O)c1cnc(-c2ccc3c(c2)CCC3)nc1N. The fraction of sp³-hybridized carbons (Fsp3) is 0.267. The van der Waals surface area contributed by atoms with Crippen molar-refractivity contribution in [3.8, 4) is 11.4 Å². The van der Waals surface area contributed by atoms with Crippen LogP contribution < -0.4 is 5.73 Å². The zero-order valence-electron chi connectivity index (χ0n) is 11.2. The number of carbonyl (C=O) groups is 1. The van der Waals surface area contributed by atoms with Gasteiger partial charge in [-0.2, -0.15) is 0 Å². The molecule has 2 aromatic rings. The maximum Gasteiger partial charge on any atom is 0.343 e. The molecule has 5 nitrogen and oxygen atoms in total. The van der Waals surface area contributed by atoms with Crippen molar-refractivity contribution in [3.63, 3.8) is 0 Å². The van der Waals surface area contributed by atoms with Gasteiger partial charge < -0.3 is 10.5 Å². The summed E-state index contributed by atoms with van der Waals surface area (Å²) in [6.45, 7) is 0. The Kier molecular flexibility index (Phi) is 3.10. The van der Waals surface area contributed by atoms with Gasteiger partial charge in [-0.3, -0.25) is 0 Å². The normalized spacial score (nSPS) is 13.1. The van der Waals surface area contributed by atoms with Crippen molar-refractivity contribution in [2.24, 2.45) is 0 Å². The molecule has 0 saturated heterocycles. The molecule has 0 atom stereocenters. The largest absolute Gasteiger partial charge is 0.465 e. The first kappa shape index (κ1) is 12.6. The summed E-state index contributed by atoms with van der Waals surface area (Å²) in [5.74, 6) is 0.148. The summed E-state index contributed by atoms with van der Waals surface area (Å²) in [5, 5.41) is 0. The minimum absolute atomic E-state index is 0.141. The molecule has 0 aliphatic heterocycles. The maximum absolute atomic E-state index is 11.5. The Balaban J connectivity index is 1.99. The third-order valence-corrected chi connectivity index (χ3v) is 3.58. The Hall–Kier alpha value is -2.43. The average Bonchev–Trinajstić information content (AvgIpc) is 2.93. The van der Waals surface area contributed by atoms with Crippen LogP contribution >= 0.6 is 0 Å². The van der Waals surface area contributed by atoms with E-state index < -0.39 is 5.97 Å². The third-order valence-electron chi connectivity index (χ3n) is 3.58. The van der Waals surface area contributed by atoms with E-state index in [9.17, 15) is 4.79 Å². The van der Waals surface area contributed by atoms with Gasteiger partial charge in [0.25, 0.3) is 0 Å². The first-order valence-electron chi connectivity index (χ1n) is 6.52. The lowest BCUT2D eigenvalue weighted by molar-refractivity contribution is 0.0601. The molecule has 0 amide bonds. The van der Waals surface area contributed by atoms with Crippen molar-refractivity contribution in [3.05, 3.63) is 41.1 Å². The first-order valence-corrected chi connectivity index (χ1v) is 6.52. The summed E-state index contributed by atoms with van der Waals surface area (Å²) in [6, 6.07) is 6.22. The summed E-state index contributed by atoms with van der Waals surface area (Å²) in [6.07, 6.45) is 4.85. The number of rotatable bonds is 2. The molecule has 0 spiro atoms. The van der Waals surface area contributed by atoms with Gasteiger partial charge in [0.05, 0.1) is 7.11 Å². The van der Waals surface area contributed by atoms with Crippen LogP contribution in [0, 0.1) is 0 Å². The van der Waals surface area contributed by atoms with Crippen molar-refractivity contribution in [1.29, 1.82) is 0 Å². The lowest BCUT2D eigenvalue weighted by atomic mass is 10.1. The molecule has 2 N–H and O–H groups in total. The van der Waals surface area contributed by atoms with E-state index in [0.717, 1.165) is 18.4 Å². The highest BCUT2D eigenvalue weighted by Gasteiger charge is 2.15. The van der Waals surface area contributed by atoms with Gasteiger partial charge >= 0.3 is 5.97 Å². The van der Waals surface area contributed by atoms with Crippen LogP contribution in [0.3, 0.4) is 0 Å². The van der Waals surface area contributed by atoms with Gasteiger partial charge in [0.1, 0.15) is 11.4 Å². The van der Waals surface area contributed by atoms with Crippen LogP contribution in [0.2, 0.25) is 0 Å². The van der Waals surface area contributed by atoms with Gasteiger partial charge in [0.15, 0.2) is 5.82 Å². The average molecular weight is 269 g/mol. The van der Waals surface area contributed by atoms with Gasteiger partial charge in [-0.05, 0) is 36.5 Å². The van der Waals surface area contributed by atoms with E-state index in [1.165, 1.54) is 30.9 Å². The fourth-order valence-corrected chi connectivity index (χ4v) is 2.51. The molecule has 5 heteroatoms. The molecule has 0 unspecified atom stereocenters. The zero-order valence-corrected chi connectivity index (χ0v) is 11.2. The standard InChI is InChI=1S/C15H15N3O2/c1-20-15(19)12-8-17-14(18-13(12)16)11-6-5-9-3-2-4-10(9)7-11/h5-8H,2-4H2,1H3,(H2,16,17,18). The molecule has 1 aromatic carbocycles. The first-order chi connectivity index (χ1) is 9.69. The summed E-state index contributed by atoms with van der Waals surface area (Å²) >= 11 is 0. The van der Waals surface area contributed by atoms with E-state index in [2.05, 4.69) is 26.8 Å². The second kappa shape index (κ2) is 4.92. The van der Waals surface area contributed by atoms with Crippen LogP contribution in [-0.4, -0.2) is 23.0 Å². The minimum atomic E-state index is -0.525. The van der Waals surface area contributed by atoms with Gasteiger partial charge in [-0.15, -0.1) is 0 Å². The van der Waals surface area contributed by atoms with E-state index in [1.54, 1.807) is 0 Å². The number of methoxy groups -OCH3 is 1. The molecular formula is C15H15N3O2. The highest BCUT2D eigenvalue weighted by atomic mass is 16.5. The summed E-state index contributed by atoms with van der Waals surface area (Å²) in [5.41, 5.74) is 9.66. The topological polar surface area (TPSA) is 78.1 Å². The van der Waals surface area contributed by atoms with Crippen LogP contribution in [0.5, 0.6) is 0 Å². The Morgan fingerprint density at radius 2 is 2.10 bits per heavy atom. The molecule has 20 heavy (non-hydrogen) atoms. The lowest BCUT2D eigenvalue weighted by Crippen LogP contribution is -2.09. The van der Waals surface area contributed by atoms with Crippen LogP contribution in [0.1, 0.15) is 27.9 Å². The molecule has 3 rings (SSSR count). The fourth-order valence-electron chi connectivity index (χ4n) is 2.51. The summed E-state index contributed by atoms with van der Waals surface area (Å²) < 4.78 is 4.62. The summed E-state index contributed by atoms with van der Waals surface area (Å²) in [7, 11) is 1.30. The molecule has 1 aliphatic carbocycles. The molecule has 102 valence electrons. The number of nitrogens with zero attached hydrogens (tertiary/aromatic N) is 2. The highest BCUT2D eigenvalue weighted by molar-refractivity contribution is 5.93. The molecule has 0 fully saturated rings. The number of aryl methyl sites for hydroxylation is 2. The Labute approximate surface area is 116 Å². The van der Waals surface area contributed by atoms with Crippen LogP contribution in [-0.2, 0) is 17.6 Å². The molecular weight excluding hydrogens is 254 g/mol. The van der Waals surface area contributed by atoms with Gasteiger partial charge in [-0.1, -0.05) is 12.1 Å². The minimum Gasteiger partial charge on any atom is -0.465 e. The Morgan fingerprint density at radius 1 is 1.30 bits per heavy atom. The highest BCUT2D eigenvalue weighted by Crippen LogP contribution is 2.27. The molecule has 1 aliphatic rings. The van der Waals surface area contributed by atoms with Gasteiger partial charge in [0, 0.05) is 11.8 Å². The van der Waals surface area contributed by atoms with Gasteiger partial charge in [-0.25, -0.2) is 14.8 Å². The van der Waals surface area contributed by atoms with Crippen LogP contribution in [0.25, 0.3) is 11.4 Å².